The zero-order valence-electron chi connectivity index (χ0n) is 30.3. The van der Waals surface area contributed by atoms with Gasteiger partial charge in [-0.25, -0.2) is 19.2 Å². The lowest BCUT2D eigenvalue weighted by Gasteiger charge is -2.35. The lowest BCUT2D eigenvalue weighted by atomic mass is 9.97. The summed E-state index contributed by atoms with van der Waals surface area (Å²) in [5.74, 6) is -40.1. The van der Waals surface area contributed by atoms with Gasteiger partial charge in [0.05, 0.1) is 24.3 Å². The molecule has 0 bridgehead atoms. The summed E-state index contributed by atoms with van der Waals surface area (Å²) in [6.45, 7) is 12.5. The lowest BCUT2D eigenvalue weighted by Crippen LogP contribution is -2.67. The van der Waals surface area contributed by atoms with Gasteiger partial charge in [-0.3, -0.25) is 9.59 Å². The number of carbonyl (C=O) groups is 6. The Labute approximate surface area is 310 Å². The summed E-state index contributed by atoms with van der Waals surface area (Å²) >= 11 is 0.0469. The van der Waals surface area contributed by atoms with Gasteiger partial charge in [0.1, 0.15) is 31.0 Å². The highest BCUT2D eigenvalue weighted by molar-refractivity contribution is 7.19. The SMILES string of the molecule is CCOC(=O)c1c(NC(=O)C(F)(F)C(F)(F)C(F)(F)C(F)(F)C(=O)Nc2sc(C(=O)OC(C)(C)C)c(C)c2C(=O)OCC)sc(C(=O)OC(C)(C)C)c1C. The highest BCUT2D eigenvalue weighted by Crippen LogP contribution is 2.54. The summed E-state index contributed by atoms with van der Waals surface area (Å²) in [5.41, 5.74) is -4.76. The van der Waals surface area contributed by atoms with Crippen LogP contribution < -0.4 is 10.6 Å². The third-order valence-electron chi connectivity index (χ3n) is 6.63. The zero-order valence-corrected chi connectivity index (χ0v) is 32.0. The van der Waals surface area contributed by atoms with Crippen LogP contribution in [0.15, 0.2) is 0 Å². The largest absolute Gasteiger partial charge is 0.462 e. The molecule has 12 nitrogen and oxygen atoms in total. The van der Waals surface area contributed by atoms with Gasteiger partial charge in [0, 0.05) is 0 Å². The molecule has 2 rings (SSSR count). The third-order valence-corrected chi connectivity index (χ3v) is 9.00. The van der Waals surface area contributed by atoms with E-state index in [1.807, 2.05) is 0 Å². The lowest BCUT2D eigenvalue weighted by molar-refractivity contribution is -0.345. The van der Waals surface area contributed by atoms with Gasteiger partial charge in [0.2, 0.25) is 0 Å². The molecule has 0 aliphatic heterocycles. The summed E-state index contributed by atoms with van der Waals surface area (Å²) in [6.07, 6.45) is 0. The van der Waals surface area contributed by atoms with Crippen LogP contribution in [0.1, 0.15) is 107 Å². The van der Waals surface area contributed by atoms with E-state index in [4.69, 9.17) is 18.9 Å². The van der Waals surface area contributed by atoms with Crippen molar-refractivity contribution in [3.63, 3.8) is 0 Å². The number of anilines is 2. The van der Waals surface area contributed by atoms with Crippen molar-refractivity contribution in [3.05, 3.63) is 32.0 Å². The van der Waals surface area contributed by atoms with Crippen molar-refractivity contribution >= 4 is 68.4 Å². The van der Waals surface area contributed by atoms with Crippen LogP contribution in [0.25, 0.3) is 0 Å². The fourth-order valence-electron chi connectivity index (χ4n) is 4.18. The van der Waals surface area contributed by atoms with Crippen molar-refractivity contribution in [1.29, 1.82) is 0 Å². The summed E-state index contributed by atoms with van der Waals surface area (Å²) in [7, 11) is 0. The predicted octanol–water partition coefficient (Wildman–Crippen LogP) is 7.81. The molecule has 2 heterocycles. The molecule has 2 amide bonds. The number of rotatable bonds is 13. The van der Waals surface area contributed by atoms with Crippen LogP contribution in [0.4, 0.5) is 45.1 Å². The number of carbonyl (C=O) groups excluding carboxylic acids is 6. The van der Waals surface area contributed by atoms with Crippen molar-refractivity contribution in [2.45, 2.75) is 104 Å². The van der Waals surface area contributed by atoms with Gasteiger partial charge in [-0.1, -0.05) is 0 Å². The number of halogens is 8. The monoisotopic (exact) mass is 824 g/mol. The van der Waals surface area contributed by atoms with Crippen LogP contribution in [0, 0.1) is 13.8 Å². The van der Waals surface area contributed by atoms with E-state index >= 15 is 35.1 Å². The smallest absolute Gasteiger partial charge is 0.393 e. The zero-order chi connectivity index (χ0) is 42.2. The van der Waals surface area contributed by atoms with Gasteiger partial charge in [-0.05, 0) is 80.4 Å². The van der Waals surface area contributed by atoms with Crippen molar-refractivity contribution in [1.82, 2.24) is 0 Å². The average molecular weight is 825 g/mol. The van der Waals surface area contributed by atoms with Crippen LogP contribution in [0.2, 0.25) is 0 Å². The highest BCUT2D eigenvalue weighted by Gasteiger charge is 2.84. The van der Waals surface area contributed by atoms with E-state index < -0.39 is 101 Å². The molecule has 0 saturated heterocycles. The van der Waals surface area contributed by atoms with Crippen molar-refractivity contribution in [3.8, 4) is 0 Å². The molecule has 0 aromatic carbocycles. The molecule has 22 heteroatoms. The number of alkyl halides is 8. The summed E-state index contributed by atoms with van der Waals surface area (Å²) < 4.78 is 140. The Bertz CT molecular complexity index is 1700. The average Bonchev–Trinajstić information content (AvgIpc) is 3.50. The fraction of sp³-hybridized carbons (Fsp3) is 0.562. The number of thiophene rings is 2. The van der Waals surface area contributed by atoms with Gasteiger partial charge < -0.3 is 29.6 Å². The van der Waals surface area contributed by atoms with Gasteiger partial charge in [0.15, 0.2) is 0 Å². The first kappa shape index (κ1) is 45.8. The molecule has 0 saturated carbocycles. The van der Waals surface area contributed by atoms with E-state index in [1.54, 1.807) is 0 Å². The Hall–Kier alpha value is -4.34. The van der Waals surface area contributed by atoms with E-state index in [2.05, 4.69) is 0 Å². The van der Waals surface area contributed by atoms with Gasteiger partial charge >= 0.3 is 59.4 Å². The molecule has 0 fully saturated rings. The normalized spacial score (nSPS) is 12.9. The topological polar surface area (TPSA) is 163 Å². The van der Waals surface area contributed by atoms with E-state index in [9.17, 15) is 28.8 Å². The quantitative estimate of drug-likeness (QED) is 0.116. The Morgan fingerprint density at radius 3 is 1.06 bits per heavy atom. The number of esters is 4. The number of hydrogen-bond acceptors (Lipinski definition) is 12. The molecular weight excluding hydrogens is 788 g/mol. The number of ether oxygens (including phenoxy) is 4. The molecule has 302 valence electrons. The standard InChI is InChI=1S/C32H36F8N2O10S2/c1-11-49-21(43)15-13(3)17(23(45)51-27(5,6)7)53-19(15)41-25(47)29(33,34)31(37,38)32(39,40)30(35,36)26(48)42-20-16(22(44)50-12-2)14(4)18(54-20)24(46)52-28(8,9)10/h11-12H2,1-10H3,(H,41,47)(H,42,48). The number of nitrogens with one attached hydrogen (secondary N) is 2. The Morgan fingerprint density at radius 2 is 0.815 bits per heavy atom. The first-order valence-corrected chi connectivity index (χ1v) is 17.2. The molecule has 2 aromatic rings. The Kier molecular flexibility index (Phi) is 13.4. The third kappa shape index (κ3) is 9.12. The molecule has 2 aromatic heterocycles. The minimum atomic E-state index is -7.37. The summed E-state index contributed by atoms with van der Waals surface area (Å²) in [5, 5.41) is 0.0143. The molecule has 0 radical (unpaired) electrons. The molecule has 0 aliphatic rings. The second kappa shape index (κ2) is 15.8. The Balaban J connectivity index is 2.58. The summed E-state index contributed by atoms with van der Waals surface area (Å²) in [4.78, 5) is 74.7. The minimum Gasteiger partial charge on any atom is -0.462 e. The molecule has 0 spiro atoms. The maximum Gasteiger partial charge on any atom is 0.393 e. The van der Waals surface area contributed by atoms with Crippen molar-refractivity contribution < 1.29 is 82.8 Å². The first-order chi connectivity index (χ1) is 24.3. The van der Waals surface area contributed by atoms with E-state index in [0.717, 1.165) is 24.5 Å². The molecule has 0 unspecified atom stereocenters. The minimum absolute atomic E-state index is 0.0234. The van der Waals surface area contributed by atoms with E-state index in [0.29, 0.717) is 0 Å². The van der Waals surface area contributed by atoms with Crippen LogP contribution in [0.3, 0.4) is 0 Å². The maximum atomic E-state index is 15.1. The van der Waals surface area contributed by atoms with Crippen LogP contribution in [-0.2, 0) is 28.5 Å². The number of amides is 2. The number of hydrogen-bond donors (Lipinski definition) is 2. The maximum absolute atomic E-state index is 15.1. The van der Waals surface area contributed by atoms with Crippen LogP contribution in [-0.4, -0.2) is 83.8 Å². The molecule has 0 atom stereocenters. The Morgan fingerprint density at radius 1 is 0.537 bits per heavy atom. The highest BCUT2D eigenvalue weighted by atomic mass is 32.1. The van der Waals surface area contributed by atoms with E-state index in [1.165, 1.54) is 55.4 Å². The van der Waals surface area contributed by atoms with Gasteiger partial charge in [0.25, 0.3) is 0 Å². The van der Waals surface area contributed by atoms with Crippen LogP contribution >= 0.6 is 22.7 Å². The molecular formula is C32H36F8N2O10S2. The second-order valence-electron chi connectivity index (χ2n) is 13.2. The van der Waals surface area contributed by atoms with Crippen molar-refractivity contribution in [2.75, 3.05) is 23.8 Å². The predicted molar refractivity (Wildman–Crippen MR) is 177 cm³/mol. The molecule has 2 N–H and O–H groups in total. The van der Waals surface area contributed by atoms with Crippen LogP contribution in [0.5, 0.6) is 0 Å². The molecule has 0 aliphatic carbocycles. The first-order valence-electron chi connectivity index (χ1n) is 15.5. The summed E-state index contributed by atoms with van der Waals surface area (Å²) in [6, 6.07) is 0. The van der Waals surface area contributed by atoms with Gasteiger partial charge in [-0.2, -0.15) is 35.1 Å². The van der Waals surface area contributed by atoms with E-state index in [-0.39, 0.29) is 47.0 Å². The molecule has 54 heavy (non-hydrogen) atoms. The van der Waals surface area contributed by atoms with Crippen molar-refractivity contribution in [2.24, 2.45) is 0 Å². The fourth-order valence-corrected chi connectivity index (χ4v) is 6.32. The van der Waals surface area contributed by atoms with Gasteiger partial charge in [-0.15, -0.1) is 22.7 Å². The second-order valence-corrected chi connectivity index (χ2v) is 15.2.